The molecule has 24 heavy (non-hydrogen) atoms. The minimum Gasteiger partial charge on any atom is -0.475 e. The molecule has 0 aromatic heterocycles. The number of aliphatic carboxylic acids is 1. The van der Waals surface area contributed by atoms with Gasteiger partial charge in [0.1, 0.15) is 0 Å². The summed E-state index contributed by atoms with van der Waals surface area (Å²) in [5.74, 6) is -3.55. The third kappa shape index (κ3) is 8.56. The van der Waals surface area contributed by atoms with Gasteiger partial charge in [-0.1, -0.05) is 29.8 Å². The average Bonchev–Trinajstić information content (AvgIpc) is 2.51. The monoisotopic (exact) mass is 372 g/mol. The minimum absolute atomic E-state index is 0.0526. The van der Waals surface area contributed by atoms with Crippen LogP contribution in [0.15, 0.2) is 30.3 Å². The number of hydrogen-bond acceptors (Lipinski definition) is 3. The molecule has 0 heterocycles. The molecule has 0 bridgehead atoms. The van der Waals surface area contributed by atoms with E-state index >= 15 is 0 Å². The molecule has 0 aliphatic rings. The van der Waals surface area contributed by atoms with Crippen molar-refractivity contribution in [1.29, 1.82) is 0 Å². The van der Waals surface area contributed by atoms with E-state index in [9.17, 15) is 22.4 Å². The number of benzene rings is 1. The third-order valence-corrected chi connectivity index (χ3v) is 3.04. The number of carboxylic acids is 1. The molecule has 2 unspecified atom stereocenters. The van der Waals surface area contributed by atoms with Crippen LogP contribution in [-0.2, 0) is 9.59 Å². The van der Waals surface area contributed by atoms with Crippen molar-refractivity contribution >= 4 is 29.2 Å². The van der Waals surface area contributed by atoms with Gasteiger partial charge in [-0.15, -0.1) is 0 Å². The molecule has 1 aromatic rings. The van der Waals surface area contributed by atoms with Crippen molar-refractivity contribution < 1.29 is 32.3 Å². The fourth-order valence-corrected chi connectivity index (χ4v) is 1.46. The highest BCUT2D eigenvalue weighted by Gasteiger charge is 2.38. The Morgan fingerprint density at radius 2 is 1.75 bits per heavy atom. The van der Waals surface area contributed by atoms with Gasteiger partial charge in [0, 0.05) is 25.3 Å². The van der Waals surface area contributed by atoms with E-state index in [2.05, 4.69) is 5.32 Å². The first-order valence-electron chi connectivity index (χ1n) is 6.60. The van der Waals surface area contributed by atoms with E-state index in [0.717, 1.165) is 5.69 Å². The van der Waals surface area contributed by atoms with Gasteiger partial charge in [0.15, 0.2) is 0 Å². The number of likely N-dealkylation sites (N-methyl/N-ethyl adjacent to an activating group) is 1. The Morgan fingerprint density at radius 3 is 2.12 bits per heavy atom. The average molecular weight is 373 g/mol. The van der Waals surface area contributed by atoms with Crippen molar-refractivity contribution in [2.75, 3.05) is 18.5 Å². The maximum Gasteiger partial charge on any atom is 0.490 e. The molecule has 0 saturated heterocycles. The topological polar surface area (TPSA) is 69.6 Å². The van der Waals surface area contributed by atoms with Crippen molar-refractivity contribution in [1.82, 2.24) is 5.32 Å². The molecule has 0 fully saturated rings. The Morgan fingerprint density at radius 1 is 1.29 bits per heavy atom. The van der Waals surface area contributed by atoms with Gasteiger partial charge in [0.2, 0.25) is 0 Å². The zero-order chi connectivity index (χ0) is 18.9. The molecule has 10 heteroatoms. The van der Waals surface area contributed by atoms with Gasteiger partial charge in [-0.25, -0.2) is 9.18 Å². The maximum absolute atomic E-state index is 12.4. The van der Waals surface area contributed by atoms with Crippen LogP contribution in [0.4, 0.5) is 23.2 Å². The van der Waals surface area contributed by atoms with Crippen LogP contribution in [0.5, 0.6) is 0 Å². The zero-order valence-electron chi connectivity index (χ0n) is 12.8. The molecule has 1 amide bonds. The van der Waals surface area contributed by atoms with Crippen LogP contribution in [-0.4, -0.2) is 48.4 Å². The third-order valence-electron chi connectivity index (χ3n) is 2.84. The van der Waals surface area contributed by atoms with E-state index < -0.39 is 23.7 Å². The quantitative estimate of drug-likeness (QED) is 0.616. The van der Waals surface area contributed by atoms with Crippen LogP contribution in [0.2, 0.25) is 0 Å². The normalized spacial score (nSPS) is 13.1. The number of amides is 1. The van der Waals surface area contributed by atoms with Crippen molar-refractivity contribution in [2.24, 2.45) is 0 Å². The summed E-state index contributed by atoms with van der Waals surface area (Å²) in [5.41, 5.74) is -0.943. The highest BCUT2D eigenvalue weighted by atomic mass is 35.5. The fraction of sp³-hybridized carbons (Fsp3) is 0.429. The molecule has 0 spiro atoms. The van der Waals surface area contributed by atoms with Crippen molar-refractivity contribution in [3.63, 3.8) is 0 Å². The lowest BCUT2D eigenvalue weighted by atomic mass is 10.2. The Hall–Kier alpha value is -2.03. The Kier molecular flexibility index (Phi) is 9.12. The van der Waals surface area contributed by atoms with Gasteiger partial charge in [0.25, 0.3) is 11.5 Å². The largest absolute Gasteiger partial charge is 0.490 e. The van der Waals surface area contributed by atoms with E-state index in [-0.39, 0.29) is 6.04 Å². The van der Waals surface area contributed by atoms with Crippen LogP contribution in [0.25, 0.3) is 0 Å². The Labute approximate surface area is 141 Å². The van der Waals surface area contributed by atoms with Crippen LogP contribution in [0.3, 0.4) is 0 Å². The summed E-state index contributed by atoms with van der Waals surface area (Å²) in [4.78, 5) is 21.9. The minimum atomic E-state index is -5.08. The van der Waals surface area contributed by atoms with Crippen molar-refractivity contribution in [2.45, 2.75) is 24.8 Å². The van der Waals surface area contributed by atoms with E-state index in [0.29, 0.717) is 6.54 Å². The Balaban J connectivity index is 0.000000640. The van der Waals surface area contributed by atoms with Gasteiger partial charge in [-0.2, -0.15) is 13.2 Å². The number of nitrogens with one attached hydrogen (secondary N) is 1. The number of carbonyl (C=O) groups excluding carboxylic acids is 1. The van der Waals surface area contributed by atoms with Gasteiger partial charge in [-0.3, -0.25) is 4.79 Å². The number of carbonyl (C=O) groups is 2. The number of para-hydroxylation sites is 1. The summed E-state index contributed by atoms with van der Waals surface area (Å²) < 4.78 is 44.1. The van der Waals surface area contributed by atoms with Gasteiger partial charge in [0.05, 0.1) is 0 Å². The standard InChI is InChI=1S/C12H16ClFN2O.C2HF3O2/c1-9(8-15-12(17)11(13)14)16(2)10-6-4-3-5-7-10;3-2(4,5)1(6)7/h3-7,9,11H,8H2,1-2H3,(H,15,17);(H,6,7). The molecule has 1 aromatic carbocycles. The molecule has 0 radical (unpaired) electrons. The summed E-state index contributed by atoms with van der Waals surface area (Å²) in [5, 5.41) is 9.57. The van der Waals surface area contributed by atoms with Crippen LogP contribution >= 0.6 is 11.6 Å². The second-order valence-corrected chi connectivity index (χ2v) is 5.03. The first-order valence-corrected chi connectivity index (χ1v) is 7.04. The molecule has 0 saturated carbocycles. The highest BCUT2D eigenvalue weighted by Crippen LogP contribution is 2.14. The second kappa shape index (κ2) is 9.96. The van der Waals surface area contributed by atoms with Crippen molar-refractivity contribution in [3.8, 4) is 0 Å². The lowest BCUT2D eigenvalue weighted by Crippen LogP contribution is -2.41. The molecule has 1 rings (SSSR count). The molecule has 5 nitrogen and oxygen atoms in total. The highest BCUT2D eigenvalue weighted by molar-refractivity contribution is 6.29. The van der Waals surface area contributed by atoms with E-state index in [1.54, 1.807) is 0 Å². The summed E-state index contributed by atoms with van der Waals surface area (Å²) in [6.45, 7) is 2.28. The van der Waals surface area contributed by atoms with Crippen LogP contribution in [0, 0.1) is 0 Å². The summed E-state index contributed by atoms with van der Waals surface area (Å²) in [6, 6.07) is 9.80. The molecule has 0 aliphatic carbocycles. The van der Waals surface area contributed by atoms with Crippen LogP contribution in [0.1, 0.15) is 6.92 Å². The van der Waals surface area contributed by atoms with Crippen molar-refractivity contribution in [3.05, 3.63) is 30.3 Å². The predicted octanol–water partition coefficient (Wildman–Crippen LogP) is 2.80. The Bertz CT molecular complexity index is 527. The molecule has 0 aliphatic heterocycles. The SMILES string of the molecule is CC(CNC(=O)C(F)Cl)N(C)c1ccccc1.O=C(O)C(F)(F)F. The number of anilines is 1. The molecular formula is C14H17ClF4N2O3. The summed E-state index contributed by atoms with van der Waals surface area (Å²) in [7, 11) is 1.92. The van der Waals surface area contributed by atoms with Gasteiger partial charge < -0.3 is 15.3 Å². The maximum atomic E-state index is 12.4. The fourth-order valence-electron chi connectivity index (χ4n) is 1.38. The molecule has 2 N–H and O–H groups in total. The lowest BCUT2D eigenvalue weighted by molar-refractivity contribution is -0.192. The number of hydrogen-bond donors (Lipinski definition) is 2. The smallest absolute Gasteiger partial charge is 0.475 e. The second-order valence-electron chi connectivity index (χ2n) is 4.64. The number of rotatable bonds is 5. The summed E-state index contributed by atoms with van der Waals surface area (Å²) in [6.07, 6.45) is -5.08. The lowest BCUT2D eigenvalue weighted by Gasteiger charge is -2.27. The first kappa shape index (κ1) is 22.0. The number of carboxylic acid groups (broad SMARTS) is 1. The zero-order valence-corrected chi connectivity index (χ0v) is 13.6. The predicted molar refractivity (Wildman–Crippen MR) is 81.8 cm³/mol. The molecule has 136 valence electrons. The first-order chi connectivity index (χ1) is 11.0. The molecular weight excluding hydrogens is 356 g/mol. The van der Waals surface area contributed by atoms with Crippen LogP contribution < -0.4 is 10.2 Å². The van der Waals surface area contributed by atoms with Gasteiger partial charge in [-0.05, 0) is 19.1 Å². The van der Waals surface area contributed by atoms with Gasteiger partial charge >= 0.3 is 12.1 Å². The number of nitrogens with zero attached hydrogens (tertiary/aromatic N) is 1. The van der Waals surface area contributed by atoms with E-state index in [1.807, 2.05) is 49.2 Å². The van der Waals surface area contributed by atoms with E-state index in [4.69, 9.17) is 21.5 Å². The molecule has 2 atom stereocenters. The summed E-state index contributed by atoms with van der Waals surface area (Å²) >= 11 is 5.02. The van der Waals surface area contributed by atoms with E-state index in [1.165, 1.54) is 0 Å². The number of alkyl halides is 5. The number of halogens is 5.